The number of benzene rings is 1. The van der Waals surface area contributed by atoms with Gasteiger partial charge in [0.1, 0.15) is 0 Å². The summed E-state index contributed by atoms with van der Waals surface area (Å²) < 4.78 is 23.0. The standard InChI is InChI=1S/C15H20N2O3S/c1-17(12-8-9-21(19,20)10-12)15(18)16-14-7-6-11-4-2-3-5-13(11)14/h2-5,12,14H,6-10H2,1H3,(H,16,18)/t12-,14-/m0/s1. The molecule has 2 aliphatic rings. The van der Waals surface area contributed by atoms with E-state index in [1.807, 2.05) is 18.2 Å². The van der Waals surface area contributed by atoms with Crippen LogP contribution in [-0.2, 0) is 16.3 Å². The van der Waals surface area contributed by atoms with Gasteiger partial charge in [-0.25, -0.2) is 13.2 Å². The van der Waals surface area contributed by atoms with Crippen molar-refractivity contribution in [1.82, 2.24) is 10.2 Å². The van der Waals surface area contributed by atoms with Crippen molar-refractivity contribution < 1.29 is 13.2 Å². The van der Waals surface area contributed by atoms with Crippen LogP contribution in [-0.4, -0.2) is 43.9 Å². The Morgan fingerprint density at radius 1 is 1.29 bits per heavy atom. The number of hydrogen-bond acceptors (Lipinski definition) is 3. The molecule has 2 atom stereocenters. The average Bonchev–Trinajstić information content (AvgIpc) is 3.02. The van der Waals surface area contributed by atoms with E-state index in [0.29, 0.717) is 6.42 Å². The lowest BCUT2D eigenvalue weighted by atomic mass is 10.1. The summed E-state index contributed by atoms with van der Waals surface area (Å²) in [4.78, 5) is 13.9. The van der Waals surface area contributed by atoms with Gasteiger partial charge in [-0.05, 0) is 30.4 Å². The van der Waals surface area contributed by atoms with Gasteiger partial charge in [0.05, 0.1) is 17.5 Å². The van der Waals surface area contributed by atoms with Gasteiger partial charge in [0.15, 0.2) is 9.84 Å². The van der Waals surface area contributed by atoms with Crippen LogP contribution in [0.15, 0.2) is 24.3 Å². The summed E-state index contributed by atoms with van der Waals surface area (Å²) in [5.41, 5.74) is 2.46. The summed E-state index contributed by atoms with van der Waals surface area (Å²) in [6.45, 7) is 0. The first kappa shape index (κ1) is 14.4. The molecule has 1 N–H and O–H groups in total. The molecule has 1 heterocycles. The first-order valence-corrected chi connectivity index (χ1v) is 9.10. The van der Waals surface area contributed by atoms with Crippen LogP contribution in [0.25, 0.3) is 0 Å². The molecule has 1 aliphatic heterocycles. The number of amides is 2. The van der Waals surface area contributed by atoms with Crippen LogP contribution in [0.5, 0.6) is 0 Å². The van der Waals surface area contributed by atoms with E-state index in [9.17, 15) is 13.2 Å². The Kier molecular flexibility index (Phi) is 3.65. The lowest BCUT2D eigenvalue weighted by Crippen LogP contribution is -2.45. The van der Waals surface area contributed by atoms with Gasteiger partial charge < -0.3 is 10.2 Å². The van der Waals surface area contributed by atoms with E-state index in [4.69, 9.17) is 0 Å². The highest BCUT2D eigenvalue weighted by atomic mass is 32.2. The zero-order chi connectivity index (χ0) is 15.0. The third kappa shape index (κ3) is 2.90. The SMILES string of the molecule is CN(C(=O)N[C@H]1CCc2ccccc21)[C@H]1CCS(=O)(=O)C1. The van der Waals surface area contributed by atoms with Crippen molar-refractivity contribution in [3.8, 4) is 0 Å². The minimum Gasteiger partial charge on any atom is -0.331 e. The second kappa shape index (κ2) is 5.33. The highest BCUT2D eigenvalue weighted by Crippen LogP contribution is 2.31. The van der Waals surface area contributed by atoms with Gasteiger partial charge >= 0.3 is 6.03 Å². The van der Waals surface area contributed by atoms with Gasteiger partial charge in [0, 0.05) is 13.1 Å². The molecule has 114 valence electrons. The number of fused-ring (bicyclic) bond motifs is 1. The summed E-state index contributed by atoms with van der Waals surface area (Å²) in [5.74, 6) is 0.264. The maximum atomic E-state index is 12.3. The Bertz CT molecular complexity index is 657. The fourth-order valence-electron chi connectivity index (χ4n) is 3.20. The summed E-state index contributed by atoms with van der Waals surface area (Å²) >= 11 is 0. The van der Waals surface area contributed by atoms with Gasteiger partial charge in [-0.2, -0.15) is 0 Å². The van der Waals surface area contributed by atoms with Crippen molar-refractivity contribution in [2.45, 2.75) is 31.3 Å². The molecule has 0 spiro atoms. The number of rotatable bonds is 2. The van der Waals surface area contributed by atoms with Gasteiger partial charge in [-0.3, -0.25) is 0 Å². The number of sulfone groups is 1. The van der Waals surface area contributed by atoms with Crippen LogP contribution in [0.4, 0.5) is 4.79 Å². The van der Waals surface area contributed by atoms with Gasteiger partial charge in [0.25, 0.3) is 0 Å². The Hall–Kier alpha value is -1.56. The molecule has 5 nitrogen and oxygen atoms in total. The summed E-state index contributed by atoms with van der Waals surface area (Å²) in [6, 6.07) is 7.79. The molecule has 6 heteroatoms. The van der Waals surface area contributed by atoms with Crippen molar-refractivity contribution in [2.24, 2.45) is 0 Å². The van der Waals surface area contributed by atoms with Crippen LogP contribution in [0.2, 0.25) is 0 Å². The Morgan fingerprint density at radius 2 is 2.05 bits per heavy atom. The van der Waals surface area contributed by atoms with Crippen molar-refractivity contribution in [1.29, 1.82) is 0 Å². The highest BCUT2D eigenvalue weighted by molar-refractivity contribution is 7.91. The van der Waals surface area contributed by atoms with Crippen LogP contribution in [0.3, 0.4) is 0 Å². The van der Waals surface area contributed by atoms with E-state index in [1.54, 1.807) is 11.9 Å². The van der Waals surface area contributed by atoms with E-state index in [2.05, 4.69) is 11.4 Å². The number of nitrogens with zero attached hydrogens (tertiary/aromatic N) is 1. The maximum absolute atomic E-state index is 12.3. The van der Waals surface area contributed by atoms with E-state index < -0.39 is 9.84 Å². The Morgan fingerprint density at radius 3 is 2.76 bits per heavy atom. The molecule has 1 saturated heterocycles. The number of urea groups is 1. The van der Waals surface area contributed by atoms with E-state index in [0.717, 1.165) is 12.8 Å². The fourth-order valence-corrected chi connectivity index (χ4v) is 4.98. The molecule has 1 aromatic carbocycles. The second-order valence-electron chi connectivity index (χ2n) is 5.91. The molecule has 2 amide bonds. The zero-order valence-electron chi connectivity index (χ0n) is 12.1. The predicted molar refractivity (Wildman–Crippen MR) is 80.9 cm³/mol. The van der Waals surface area contributed by atoms with Crippen molar-refractivity contribution >= 4 is 15.9 Å². The fraction of sp³-hybridized carbons (Fsp3) is 0.533. The highest BCUT2D eigenvalue weighted by Gasteiger charge is 2.34. The summed E-state index contributed by atoms with van der Waals surface area (Å²) in [5, 5.41) is 3.03. The summed E-state index contributed by atoms with van der Waals surface area (Å²) in [7, 11) is -1.29. The maximum Gasteiger partial charge on any atom is 0.317 e. The molecule has 0 unspecified atom stereocenters. The summed E-state index contributed by atoms with van der Waals surface area (Å²) in [6.07, 6.45) is 2.41. The molecular formula is C15H20N2O3S. The molecular weight excluding hydrogens is 288 g/mol. The number of carbonyl (C=O) groups excluding carboxylic acids is 1. The average molecular weight is 308 g/mol. The van der Waals surface area contributed by atoms with E-state index >= 15 is 0 Å². The molecule has 21 heavy (non-hydrogen) atoms. The molecule has 0 aromatic heterocycles. The monoisotopic (exact) mass is 308 g/mol. The van der Waals surface area contributed by atoms with E-state index in [-0.39, 0.29) is 29.6 Å². The third-order valence-electron chi connectivity index (χ3n) is 4.51. The predicted octanol–water partition coefficient (Wildman–Crippen LogP) is 1.50. The van der Waals surface area contributed by atoms with Crippen molar-refractivity contribution in [3.63, 3.8) is 0 Å². The van der Waals surface area contributed by atoms with Gasteiger partial charge in [-0.15, -0.1) is 0 Å². The Labute approximate surface area is 125 Å². The molecule has 1 aliphatic carbocycles. The van der Waals surface area contributed by atoms with Crippen LogP contribution < -0.4 is 5.32 Å². The second-order valence-corrected chi connectivity index (χ2v) is 8.14. The van der Waals surface area contributed by atoms with Gasteiger partial charge in [0.2, 0.25) is 0 Å². The third-order valence-corrected chi connectivity index (χ3v) is 6.26. The minimum absolute atomic E-state index is 0.0363. The number of carbonyl (C=O) groups is 1. The normalized spacial score (nSPS) is 26.3. The largest absolute Gasteiger partial charge is 0.331 e. The smallest absolute Gasteiger partial charge is 0.317 e. The van der Waals surface area contributed by atoms with Gasteiger partial charge in [-0.1, -0.05) is 24.3 Å². The van der Waals surface area contributed by atoms with Crippen molar-refractivity contribution in [3.05, 3.63) is 35.4 Å². The Balaban J connectivity index is 1.65. The first-order valence-electron chi connectivity index (χ1n) is 7.28. The first-order chi connectivity index (χ1) is 9.96. The molecule has 0 radical (unpaired) electrons. The number of hydrogen-bond donors (Lipinski definition) is 1. The number of aryl methyl sites for hydroxylation is 1. The van der Waals surface area contributed by atoms with Crippen LogP contribution in [0.1, 0.15) is 30.0 Å². The number of nitrogens with one attached hydrogen (secondary N) is 1. The van der Waals surface area contributed by atoms with E-state index in [1.165, 1.54) is 11.1 Å². The molecule has 3 rings (SSSR count). The topological polar surface area (TPSA) is 66.5 Å². The van der Waals surface area contributed by atoms with Crippen molar-refractivity contribution in [2.75, 3.05) is 18.6 Å². The lowest BCUT2D eigenvalue weighted by molar-refractivity contribution is 0.191. The molecule has 1 aromatic rings. The lowest BCUT2D eigenvalue weighted by Gasteiger charge is -2.26. The minimum atomic E-state index is -2.97. The molecule has 0 bridgehead atoms. The zero-order valence-corrected chi connectivity index (χ0v) is 12.9. The van der Waals surface area contributed by atoms with Crippen LogP contribution >= 0.6 is 0 Å². The molecule has 0 saturated carbocycles. The quantitative estimate of drug-likeness (QED) is 0.900. The van der Waals surface area contributed by atoms with Crippen LogP contribution in [0, 0.1) is 0 Å². The molecule has 1 fully saturated rings.